The van der Waals surface area contributed by atoms with Crippen LogP contribution < -0.4 is 5.32 Å². The van der Waals surface area contributed by atoms with Crippen molar-refractivity contribution in [3.05, 3.63) is 0 Å². The number of aliphatic carboxylic acids is 1. The number of hydrogen-bond acceptors (Lipinski definition) is 2. The minimum absolute atomic E-state index is 0.0106. The second-order valence-corrected chi connectivity index (χ2v) is 4.34. The molecule has 1 amide bonds. The van der Waals surface area contributed by atoms with Gasteiger partial charge in [-0.1, -0.05) is 25.2 Å². The van der Waals surface area contributed by atoms with Crippen molar-refractivity contribution in [3.8, 4) is 12.3 Å². The molecule has 2 N–H and O–H groups in total. The zero-order valence-corrected chi connectivity index (χ0v) is 9.29. The molecule has 0 bridgehead atoms. The van der Waals surface area contributed by atoms with E-state index in [1.165, 1.54) is 0 Å². The summed E-state index contributed by atoms with van der Waals surface area (Å²) in [4.78, 5) is 22.3. The molecular formula is C12H17NO3. The summed E-state index contributed by atoms with van der Waals surface area (Å²) in [5.74, 6) is 1.15. The van der Waals surface area contributed by atoms with Gasteiger partial charge in [-0.15, -0.1) is 6.42 Å². The summed E-state index contributed by atoms with van der Waals surface area (Å²) in [5, 5.41) is 11.7. The van der Waals surface area contributed by atoms with Crippen molar-refractivity contribution in [1.82, 2.24) is 5.32 Å². The Morgan fingerprint density at radius 2 is 1.94 bits per heavy atom. The van der Waals surface area contributed by atoms with Crippen LogP contribution in [0.3, 0.4) is 0 Å². The fourth-order valence-electron chi connectivity index (χ4n) is 2.30. The topological polar surface area (TPSA) is 66.4 Å². The molecule has 1 aliphatic rings. The molecule has 0 aliphatic heterocycles. The molecule has 1 rings (SSSR count). The van der Waals surface area contributed by atoms with Gasteiger partial charge in [-0.2, -0.15) is 0 Å². The van der Waals surface area contributed by atoms with Crippen LogP contribution in [0.15, 0.2) is 0 Å². The molecule has 0 radical (unpaired) electrons. The molecule has 1 aliphatic carbocycles. The van der Waals surface area contributed by atoms with E-state index in [0.717, 1.165) is 32.1 Å². The molecule has 0 heterocycles. The quantitative estimate of drug-likeness (QED) is 0.706. The second-order valence-electron chi connectivity index (χ2n) is 4.34. The molecule has 1 fully saturated rings. The van der Waals surface area contributed by atoms with E-state index in [1.807, 2.05) is 0 Å². The summed E-state index contributed by atoms with van der Waals surface area (Å²) < 4.78 is 0. The van der Waals surface area contributed by atoms with Gasteiger partial charge in [0.05, 0.1) is 18.4 Å². The predicted octanol–water partition coefficient (Wildman–Crippen LogP) is 1.30. The van der Waals surface area contributed by atoms with E-state index < -0.39 is 11.5 Å². The van der Waals surface area contributed by atoms with E-state index in [4.69, 9.17) is 11.5 Å². The van der Waals surface area contributed by atoms with Crippen LogP contribution in [-0.2, 0) is 9.59 Å². The van der Waals surface area contributed by atoms with Gasteiger partial charge in [-0.3, -0.25) is 9.59 Å². The maximum Gasteiger partial charge on any atom is 0.305 e. The van der Waals surface area contributed by atoms with Crippen molar-refractivity contribution < 1.29 is 14.7 Å². The molecule has 4 heteroatoms. The lowest BCUT2D eigenvalue weighted by molar-refractivity contribution is -0.139. The Kier molecular flexibility index (Phi) is 4.36. The molecule has 16 heavy (non-hydrogen) atoms. The Morgan fingerprint density at radius 3 is 2.44 bits per heavy atom. The third-order valence-corrected chi connectivity index (χ3v) is 2.97. The van der Waals surface area contributed by atoms with Crippen LogP contribution >= 0.6 is 0 Å². The van der Waals surface area contributed by atoms with Crippen LogP contribution in [0.2, 0.25) is 0 Å². The Morgan fingerprint density at radius 1 is 1.31 bits per heavy atom. The SMILES string of the molecule is C#CCC(=O)NC1(CC(=O)O)CCCCC1. The number of carbonyl (C=O) groups is 2. The van der Waals surface area contributed by atoms with Gasteiger partial charge in [0.25, 0.3) is 0 Å². The normalized spacial score (nSPS) is 18.4. The molecular weight excluding hydrogens is 206 g/mol. The Hall–Kier alpha value is -1.50. The molecule has 88 valence electrons. The third kappa shape index (κ3) is 3.58. The van der Waals surface area contributed by atoms with Crippen molar-refractivity contribution in [3.63, 3.8) is 0 Å². The second kappa shape index (κ2) is 5.55. The summed E-state index contributed by atoms with van der Waals surface area (Å²) in [7, 11) is 0. The molecule has 0 spiro atoms. The van der Waals surface area contributed by atoms with Gasteiger partial charge in [0.15, 0.2) is 0 Å². The number of carboxylic acids is 1. The van der Waals surface area contributed by atoms with Crippen LogP contribution in [-0.4, -0.2) is 22.5 Å². The fraction of sp³-hybridized carbons (Fsp3) is 0.667. The monoisotopic (exact) mass is 223 g/mol. The first-order valence-electron chi connectivity index (χ1n) is 5.54. The van der Waals surface area contributed by atoms with Gasteiger partial charge < -0.3 is 10.4 Å². The van der Waals surface area contributed by atoms with E-state index >= 15 is 0 Å². The highest BCUT2D eigenvalue weighted by atomic mass is 16.4. The van der Waals surface area contributed by atoms with Gasteiger partial charge in [0, 0.05) is 0 Å². The average Bonchev–Trinajstić information content (AvgIpc) is 2.17. The summed E-state index contributed by atoms with van der Waals surface area (Å²) in [6, 6.07) is 0. The lowest BCUT2D eigenvalue weighted by Gasteiger charge is -2.36. The van der Waals surface area contributed by atoms with E-state index in [2.05, 4.69) is 11.2 Å². The molecule has 1 saturated carbocycles. The summed E-state index contributed by atoms with van der Waals surface area (Å²) in [6.07, 6.45) is 9.55. The van der Waals surface area contributed by atoms with Crippen LogP contribution in [0.4, 0.5) is 0 Å². The molecule has 4 nitrogen and oxygen atoms in total. The van der Waals surface area contributed by atoms with Crippen LogP contribution in [0.1, 0.15) is 44.9 Å². The number of carbonyl (C=O) groups excluding carboxylic acids is 1. The first-order chi connectivity index (χ1) is 7.58. The average molecular weight is 223 g/mol. The number of nitrogens with one attached hydrogen (secondary N) is 1. The Labute approximate surface area is 95.4 Å². The third-order valence-electron chi connectivity index (χ3n) is 2.97. The molecule has 0 aromatic carbocycles. The van der Waals surface area contributed by atoms with E-state index in [0.29, 0.717) is 0 Å². The maximum atomic E-state index is 11.5. The number of amides is 1. The first kappa shape index (κ1) is 12.6. The van der Waals surface area contributed by atoms with Gasteiger partial charge in [-0.25, -0.2) is 0 Å². The van der Waals surface area contributed by atoms with Crippen LogP contribution in [0.5, 0.6) is 0 Å². The molecule has 0 atom stereocenters. The summed E-state index contributed by atoms with van der Waals surface area (Å²) in [6.45, 7) is 0. The summed E-state index contributed by atoms with van der Waals surface area (Å²) >= 11 is 0. The largest absolute Gasteiger partial charge is 0.481 e. The highest BCUT2D eigenvalue weighted by Crippen LogP contribution is 2.31. The summed E-state index contributed by atoms with van der Waals surface area (Å²) in [5.41, 5.74) is -0.571. The predicted molar refractivity (Wildman–Crippen MR) is 59.7 cm³/mol. The highest BCUT2D eigenvalue weighted by molar-refractivity contribution is 5.80. The zero-order chi connectivity index (χ0) is 12.0. The highest BCUT2D eigenvalue weighted by Gasteiger charge is 2.35. The number of rotatable bonds is 4. The maximum absolute atomic E-state index is 11.5. The van der Waals surface area contributed by atoms with Crippen molar-refractivity contribution in [2.45, 2.75) is 50.5 Å². The number of carboxylic acid groups (broad SMARTS) is 1. The molecule has 0 saturated heterocycles. The fourth-order valence-corrected chi connectivity index (χ4v) is 2.30. The van der Waals surface area contributed by atoms with Gasteiger partial charge in [-0.05, 0) is 12.8 Å². The van der Waals surface area contributed by atoms with Crippen molar-refractivity contribution in [1.29, 1.82) is 0 Å². The number of hydrogen-bond donors (Lipinski definition) is 2. The van der Waals surface area contributed by atoms with Crippen molar-refractivity contribution in [2.75, 3.05) is 0 Å². The Bertz CT molecular complexity index is 311. The first-order valence-corrected chi connectivity index (χ1v) is 5.54. The minimum Gasteiger partial charge on any atom is -0.481 e. The van der Waals surface area contributed by atoms with E-state index in [-0.39, 0.29) is 18.7 Å². The van der Waals surface area contributed by atoms with E-state index in [1.54, 1.807) is 0 Å². The Balaban J connectivity index is 2.66. The van der Waals surface area contributed by atoms with Crippen LogP contribution in [0, 0.1) is 12.3 Å². The molecule has 0 aromatic rings. The van der Waals surface area contributed by atoms with Gasteiger partial charge in [0.2, 0.25) is 5.91 Å². The van der Waals surface area contributed by atoms with Gasteiger partial charge >= 0.3 is 5.97 Å². The van der Waals surface area contributed by atoms with Crippen molar-refractivity contribution in [2.24, 2.45) is 0 Å². The van der Waals surface area contributed by atoms with Gasteiger partial charge in [0.1, 0.15) is 0 Å². The lowest BCUT2D eigenvalue weighted by Crippen LogP contribution is -2.51. The smallest absolute Gasteiger partial charge is 0.305 e. The minimum atomic E-state index is -0.872. The van der Waals surface area contributed by atoms with Crippen LogP contribution in [0.25, 0.3) is 0 Å². The molecule has 0 unspecified atom stereocenters. The lowest BCUT2D eigenvalue weighted by atomic mass is 9.79. The zero-order valence-electron chi connectivity index (χ0n) is 9.29. The van der Waals surface area contributed by atoms with E-state index in [9.17, 15) is 9.59 Å². The van der Waals surface area contributed by atoms with Crippen molar-refractivity contribution >= 4 is 11.9 Å². The standard InChI is InChI=1S/C12H17NO3/c1-2-6-10(14)13-12(9-11(15)16)7-4-3-5-8-12/h1H,3-9H2,(H,13,14)(H,15,16). The number of terminal acetylenes is 1. The molecule has 0 aromatic heterocycles.